The number of benzene rings is 1. The molecular weight excluding hydrogens is 617 g/mol. The lowest BCUT2D eigenvalue weighted by molar-refractivity contribution is -0.158. The number of carbonyl (C=O) groups excluding carboxylic acids is 3. The molecule has 2 aliphatic heterocycles. The van der Waals surface area contributed by atoms with E-state index in [1.54, 1.807) is 13.1 Å². The molecule has 1 aromatic heterocycles. The molecule has 1 saturated heterocycles. The average Bonchev–Trinajstić information content (AvgIpc) is 3.17. The molecule has 6 atom stereocenters. The van der Waals surface area contributed by atoms with Crippen molar-refractivity contribution in [3.8, 4) is 5.75 Å². The van der Waals surface area contributed by atoms with E-state index in [2.05, 4.69) is 10.1 Å². The summed E-state index contributed by atoms with van der Waals surface area (Å²) >= 11 is 7.09. The quantitative estimate of drug-likeness (QED) is 0.168. The third-order valence-corrected chi connectivity index (χ3v) is 11.0. The second-order valence-corrected chi connectivity index (χ2v) is 16.5. The lowest BCUT2D eigenvalue weighted by atomic mass is 9.95. The number of rotatable bonds is 10. The second kappa shape index (κ2) is 15.4. The van der Waals surface area contributed by atoms with Gasteiger partial charge < -0.3 is 29.3 Å². The Kier molecular flexibility index (Phi) is 12.4. The molecule has 0 aliphatic carbocycles. The number of esters is 1. The number of ether oxygens (including phenoxy) is 2. The molecular formula is C28H36N3O9PS2. The third kappa shape index (κ3) is 9.65. The first kappa shape index (κ1) is 34.8. The number of aliphatic hydroxyl groups excluding tert-OH is 2. The lowest BCUT2D eigenvalue weighted by Gasteiger charge is -2.34. The molecule has 1 amide bonds. The van der Waals surface area contributed by atoms with Gasteiger partial charge >= 0.3 is 5.97 Å². The molecule has 4 N–H and O–H groups in total. The van der Waals surface area contributed by atoms with Crippen LogP contribution in [0, 0.1) is 0 Å². The molecule has 3 heterocycles. The van der Waals surface area contributed by atoms with Crippen LogP contribution in [0.15, 0.2) is 72.0 Å². The number of amides is 1. The van der Waals surface area contributed by atoms with Crippen molar-refractivity contribution < 1.29 is 43.7 Å². The number of pyridine rings is 1. The van der Waals surface area contributed by atoms with Gasteiger partial charge in [-0.1, -0.05) is 24.3 Å². The van der Waals surface area contributed by atoms with Crippen LogP contribution < -0.4 is 9.61 Å². The van der Waals surface area contributed by atoms with Gasteiger partial charge in [0.15, 0.2) is 12.0 Å². The standard InChI is InChI=1S/C17H21N2O3PS2.C11H15NO6/c1-13(2)21-17(20)14(3)19-23(24,22-15-9-5-4-6-10-15)25-16-11-7-8-12-18-16;1-11(17)9(16)7(5-13)18-10(11)12-3-2-6(14)4-8(12)15/h4-14H,1-3H3,(H,19,24);2-3,7,9-10,13,16-17H,4-5H2,1H3/t14-,23?;7-,9-,10-,11-/m01/s1. The summed E-state index contributed by atoms with van der Waals surface area (Å²) in [5.41, 5.74) is -4.39. The molecule has 2 aliphatic rings. The Morgan fingerprint density at radius 3 is 2.47 bits per heavy atom. The van der Waals surface area contributed by atoms with Crippen LogP contribution >= 0.6 is 17.0 Å². The van der Waals surface area contributed by atoms with E-state index in [-0.39, 0.29) is 24.3 Å². The predicted octanol–water partition coefficient (Wildman–Crippen LogP) is 2.54. The summed E-state index contributed by atoms with van der Waals surface area (Å²) in [6, 6.07) is 14.3. The molecule has 1 unspecified atom stereocenters. The van der Waals surface area contributed by atoms with E-state index in [1.807, 2.05) is 62.4 Å². The number of allylic oxidation sites excluding steroid dienone is 1. The van der Waals surface area contributed by atoms with Crippen LogP contribution in [0.4, 0.5) is 0 Å². The normalized spacial score (nSPS) is 25.5. The topological polar surface area (TPSA) is 168 Å². The summed E-state index contributed by atoms with van der Waals surface area (Å²) in [6.07, 6.45) is 0.233. The first-order valence-corrected chi connectivity index (χ1v) is 17.5. The van der Waals surface area contributed by atoms with Crippen molar-refractivity contribution in [3.63, 3.8) is 0 Å². The second-order valence-electron chi connectivity index (χ2n) is 10.1. The Morgan fingerprint density at radius 1 is 1.23 bits per heavy atom. The van der Waals surface area contributed by atoms with Gasteiger partial charge in [0.1, 0.15) is 34.6 Å². The number of aromatic nitrogens is 1. The van der Waals surface area contributed by atoms with Crippen LogP contribution in [-0.4, -0.2) is 85.7 Å². The highest BCUT2D eigenvalue weighted by atomic mass is 32.9. The molecule has 234 valence electrons. The number of carbonyl (C=O) groups is 3. The molecule has 12 nitrogen and oxygen atoms in total. The number of ketones is 1. The molecule has 0 bridgehead atoms. The molecule has 0 saturated carbocycles. The number of para-hydroxylation sites is 1. The molecule has 1 fully saturated rings. The van der Waals surface area contributed by atoms with Gasteiger partial charge in [0.05, 0.1) is 19.1 Å². The van der Waals surface area contributed by atoms with Gasteiger partial charge in [0, 0.05) is 12.4 Å². The Bertz CT molecular complexity index is 1290. The number of nitrogens with zero attached hydrogens (tertiary/aromatic N) is 2. The van der Waals surface area contributed by atoms with Crippen LogP contribution in [-0.2, 0) is 35.7 Å². The van der Waals surface area contributed by atoms with Crippen molar-refractivity contribution in [1.29, 1.82) is 0 Å². The van der Waals surface area contributed by atoms with Crippen LogP contribution in [0.2, 0.25) is 0 Å². The Morgan fingerprint density at radius 2 is 1.91 bits per heavy atom. The first-order valence-electron chi connectivity index (χ1n) is 13.4. The van der Waals surface area contributed by atoms with Crippen molar-refractivity contribution >= 4 is 46.5 Å². The van der Waals surface area contributed by atoms with Gasteiger partial charge in [0.2, 0.25) is 11.5 Å². The van der Waals surface area contributed by atoms with Crippen LogP contribution in [0.25, 0.3) is 0 Å². The number of hydrogen-bond donors (Lipinski definition) is 4. The zero-order chi connectivity index (χ0) is 31.8. The fourth-order valence-electron chi connectivity index (χ4n) is 3.98. The SMILES string of the molecule is CC(C)OC(=O)[C@H](C)NP(=S)(Oc1ccccc1)Sc1ccccn1.C[C@@]1(O)[C@H](O)[C@@H](CO)O[C@H]1N1C=CC(=O)CC1=O. The highest BCUT2D eigenvalue weighted by Crippen LogP contribution is 2.59. The highest BCUT2D eigenvalue weighted by molar-refractivity contribution is 8.68. The fourth-order valence-corrected chi connectivity index (χ4v) is 9.09. The summed E-state index contributed by atoms with van der Waals surface area (Å²) in [5, 5.41) is 32.9. The average molecular weight is 654 g/mol. The van der Waals surface area contributed by atoms with E-state index in [4.69, 9.17) is 30.9 Å². The Balaban J connectivity index is 0.000000248. The van der Waals surface area contributed by atoms with Crippen molar-refractivity contribution in [2.24, 2.45) is 0 Å². The number of nitrogens with one attached hydrogen (secondary N) is 1. The maximum Gasteiger partial charge on any atom is 0.323 e. The minimum Gasteiger partial charge on any atom is -0.462 e. The summed E-state index contributed by atoms with van der Waals surface area (Å²) in [6.45, 7) is 6.18. The summed E-state index contributed by atoms with van der Waals surface area (Å²) in [4.78, 5) is 40.3. The number of aliphatic hydroxyl groups is 3. The summed E-state index contributed by atoms with van der Waals surface area (Å²) < 4.78 is 16.6. The highest BCUT2D eigenvalue weighted by Gasteiger charge is 2.55. The maximum atomic E-state index is 12.1. The third-order valence-electron chi connectivity index (χ3n) is 6.10. The van der Waals surface area contributed by atoms with Gasteiger partial charge in [-0.15, -0.1) is 0 Å². The minimum absolute atomic E-state index is 0.187. The van der Waals surface area contributed by atoms with E-state index in [9.17, 15) is 24.6 Å². The molecule has 15 heteroatoms. The summed E-state index contributed by atoms with van der Waals surface area (Å²) in [5.74, 6) is -0.555. The van der Waals surface area contributed by atoms with Crippen molar-refractivity contribution in [3.05, 3.63) is 67.0 Å². The van der Waals surface area contributed by atoms with E-state index in [0.717, 1.165) is 9.93 Å². The van der Waals surface area contributed by atoms with Gasteiger partial charge in [-0.2, -0.15) is 0 Å². The van der Waals surface area contributed by atoms with Gasteiger partial charge in [-0.25, -0.2) is 10.1 Å². The molecule has 0 spiro atoms. The first-order chi connectivity index (χ1) is 20.3. The zero-order valence-corrected chi connectivity index (χ0v) is 26.6. The van der Waals surface area contributed by atoms with Crippen molar-refractivity contribution in [1.82, 2.24) is 15.0 Å². The largest absolute Gasteiger partial charge is 0.462 e. The van der Waals surface area contributed by atoms with Gasteiger partial charge in [0.25, 0.3) is 0 Å². The van der Waals surface area contributed by atoms with Crippen molar-refractivity contribution in [2.45, 2.75) is 75.3 Å². The smallest absolute Gasteiger partial charge is 0.323 e. The van der Waals surface area contributed by atoms with Crippen LogP contribution in [0.3, 0.4) is 0 Å². The Hall–Kier alpha value is -2.68. The van der Waals surface area contributed by atoms with Gasteiger partial charge in [-0.05, 0) is 81.2 Å². The van der Waals surface area contributed by atoms with Crippen LogP contribution in [0.1, 0.15) is 34.1 Å². The lowest BCUT2D eigenvalue weighted by Crippen LogP contribution is -2.54. The van der Waals surface area contributed by atoms with E-state index in [0.29, 0.717) is 5.75 Å². The minimum atomic E-state index is -2.68. The van der Waals surface area contributed by atoms with E-state index < -0.39 is 48.2 Å². The molecule has 2 aromatic rings. The van der Waals surface area contributed by atoms with E-state index in [1.165, 1.54) is 30.6 Å². The fraction of sp³-hybridized carbons (Fsp3) is 0.429. The van der Waals surface area contributed by atoms with E-state index >= 15 is 0 Å². The molecule has 0 radical (unpaired) electrons. The number of hydrogen-bond acceptors (Lipinski definition) is 12. The van der Waals surface area contributed by atoms with Crippen molar-refractivity contribution in [2.75, 3.05) is 6.61 Å². The monoisotopic (exact) mass is 653 g/mol. The van der Waals surface area contributed by atoms with Gasteiger partial charge in [-0.3, -0.25) is 19.3 Å². The predicted molar refractivity (Wildman–Crippen MR) is 163 cm³/mol. The zero-order valence-electron chi connectivity index (χ0n) is 24.1. The molecule has 1 aromatic carbocycles. The maximum absolute atomic E-state index is 12.1. The molecule has 4 rings (SSSR count). The van der Waals surface area contributed by atoms with Crippen LogP contribution in [0.5, 0.6) is 5.75 Å². The Labute approximate surface area is 259 Å². The summed E-state index contributed by atoms with van der Waals surface area (Å²) in [7, 11) is 0. The molecule has 43 heavy (non-hydrogen) atoms.